The van der Waals surface area contributed by atoms with Crippen LogP contribution in [0.25, 0.3) is 0 Å². The molecule has 2 N–H and O–H groups in total. The van der Waals surface area contributed by atoms with Crippen LogP contribution in [0, 0.1) is 0 Å². The molecule has 1 amide bonds. The van der Waals surface area contributed by atoms with Crippen molar-refractivity contribution in [2.75, 3.05) is 13.7 Å². The van der Waals surface area contributed by atoms with Crippen molar-refractivity contribution in [2.45, 2.75) is 24.4 Å². The van der Waals surface area contributed by atoms with E-state index in [0.717, 1.165) is 4.88 Å². The molecular formula is C16H20N2O4S2. The number of hydrogen-bond acceptors (Lipinski definition) is 5. The van der Waals surface area contributed by atoms with Crippen molar-refractivity contribution in [1.29, 1.82) is 0 Å². The summed E-state index contributed by atoms with van der Waals surface area (Å²) in [5.74, 6) is -0.338. The second kappa shape index (κ2) is 8.39. The molecular weight excluding hydrogens is 348 g/mol. The van der Waals surface area contributed by atoms with Gasteiger partial charge in [-0.2, -0.15) is 0 Å². The van der Waals surface area contributed by atoms with Gasteiger partial charge in [0.2, 0.25) is 10.0 Å². The highest BCUT2D eigenvalue weighted by Crippen LogP contribution is 2.14. The minimum Gasteiger partial charge on any atom is -0.383 e. The van der Waals surface area contributed by atoms with Crippen LogP contribution in [0.1, 0.15) is 22.2 Å². The van der Waals surface area contributed by atoms with Gasteiger partial charge in [0.1, 0.15) is 0 Å². The Bertz CT molecular complexity index is 773. The molecule has 8 heteroatoms. The first-order valence-electron chi connectivity index (χ1n) is 7.34. The number of sulfonamides is 1. The summed E-state index contributed by atoms with van der Waals surface area (Å²) in [7, 11) is -2.13. The zero-order valence-electron chi connectivity index (χ0n) is 13.5. The van der Waals surface area contributed by atoms with Crippen LogP contribution < -0.4 is 10.0 Å². The second-order valence-corrected chi connectivity index (χ2v) is 8.06. The van der Waals surface area contributed by atoms with Gasteiger partial charge < -0.3 is 10.1 Å². The summed E-state index contributed by atoms with van der Waals surface area (Å²) in [6.45, 7) is 2.41. The van der Waals surface area contributed by atoms with Gasteiger partial charge in [0.15, 0.2) is 0 Å². The van der Waals surface area contributed by atoms with Gasteiger partial charge in [0, 0.05) is 30.1 Å². The summed E-state index contributed by atoms with van der Waals surface area (Å²) in [4.78, 5) is 13.2. The molecule has 0 aliphatic heterocycles. The molecule has 1 aromatic heterocycles. The standard InChI is InChI=1S/C16H20N2O4S2/c1-12(11-22-2)18-16(19)13-5-3-7-15(9-13)24(20,21)17-10-14-6-4-8-23-14/h3-9,12,17H,10-11H2,1-2H3,(H,18,19)/t12-/m1/s1. The molecule has 0 bridgehead atoms. The van der Waals surface area contributed by atoms with Crippen LogP contribution in [-0.4, -0.2) is 34.1 Å². The molecule has 2 rings (SSSR count). The van der Waals surface area contributed by atoms with Crippen molar-refractivity contribution in [3.63, 3.8) is 0 Å². The summed E-state index contributed by atoms with van der Waals surface area (Å²) in [5, 5.41) is 4.64. The number of amides is 1. The Kier molecular flexibility index (Phi) is 6.50. The molecule has 0 saturated heterocycles. The summed E-state index contributed by atoms with van der Waals surface area (Å²) in [6.07, 6.45) is 0. The fraction of sp³-hybridized carbons (Fsp3) is 0.312. The normalized spacial score (nSPS) is 12.8. The number of benzene rings is 1. The van der Waals surface area contributed by atoms with E-state index >= 15 is 0 Å². The maximum Gasteiger partial charge on any atom is 0.251 e. The van der Waals surface area contributed by atoms with E-state index < -0.39 is 10.0 Å². The number of hydrogen-bond donors (Lipinski definition) is 2. The Hall–Kier alpha value is -1.74. The number of carbonyl (C=O) groups is 1. The Balaban J connectivity index is 2.09. The predicted molar refractivity (Wildman–Crippen MR) is 93.6 cm³/mol. The third kappa shape index (κ3) is 5.13. The third-order valence-corrected chi connectivity index (χ3v) is 5.49. The largest absolute Gasteiger partial charge is 0.383 e. The van der Waals surface area contributed by atoms with Crippen molar-refractivity contribution >= 4 is 27.3 Å². The van der Waals surface area contributed by atoms with Gasteiger partial charge in [0.05, 0.1) is 11.5 Å². The van der Waals surface area contributed by atoms with E-state index in [2.05, 4.69) is 10.0 Å². The first-order valence-corrected chi connectivity index (χ1v) is 9.70. The van der Waals surface area contributed by atoms with Crippen LogP contribution in [0.5, 0.6) is 0 Å². The zero-order valence-corrected chi connectivity index (χ0v) is 15.1. The molecule has 0 saturated carbocycles. The number of thiophene rings is 1. The highest BCUT2D eigenvalue weighted by Gasteiger charge is 2.17. The molecule has 0 fully saturated rings. The van der Waals surface area contributed by atoms with Gasteiger partial charge in [-0.05, 0) is 36.6 Å². The van der Waals surface area contributed by atoms with E-state index in [9.17, 15) is 13.2 Å². The summed E-state index contributed by atoms with van der Waals surface area (Å²) >= 11 is 1.48. The molecule has 1 aromatic carbocycles. The molecule has 0 aliphatic rings. The van der Waals surface area contributed by atoms with Gasteiger partial charge in [-0.1, -0.05) is 12.1 Å². The molecule has 1 heterocycles. The average molecular weight is 368 g/mol. The average Bonchev–Trinajstić information content (AvgIpc) is 3.07. The Morgan fingerprint density at radius 1 is 1.29 bits per heavy atom. The monoisotopic (exact) mass is 368 g/mol. The predicted octanol–water partition coefficient (Wildman–Crippen LogP) is 1.99. The van der Waals surface area contributed by atoms with E-state index in [1.807, 2.05) is 24.4 Å². The van der Waals surface area contributed by atoms with Crippen LogP contribution in [0.15, 0.2) is 46.7 Å². The Labute approximate surface area is 145 Å². The van der Waals surface area contributed by atoms with E-state index in [4.69, 9.17) is 4.74 Å². The van der Waals surface area contributed by atoms with Crippen LogP contribution >= 0.6 is 11.3 Å². The minimum atomic E-state index is -3.68. The smallest absolute Gasteiger partial charge is 0.251 e. The highest BCUT2D eigenvalue weighted by atomic mass is 32.2. The number of nitrogens with one attached hydrogen (secondary N) is 2. The number of methoxy groups -OCH3 is 1. The molecule has 130 valence electrons. The number of carbonyl (C=O) groups excluding carboxylic acids is 1. The van der Waals surface area contributed by atoms with Gasteiger partial charge in [0.25, 0.3) is 5.91 Å². The van der Waals surface area contributed by atoms with Crippen molar-refractivity contribution < 1.29 is 17.9 Å². The molecule has 0 unspecified atom stereocenters. The van der Waals surface area contributed by atoms with Crippen LogP contribution in [0.2, 0.25) is 0 Å². The van der Waals surface area contributed by atoms with E-state index in [1.54, 1.807) is 19.2 Å². The van der Waals surface area contributed by atoms with Gasteiger partial charge in [-0.3, -0.25) is 4.79 Å². The molecule has 1 atom stereocenters. The Morgan fingerprint density at radius 2 is 2.08 bits per heavy atom. The zero-order chi connectivity index (χ0) is 17.6. The van der Waals surface area contributed by atoms with Gasteiger partial charge in [-0.25, -0.2) is 13.1 Å². The maximum absolute atomic E-state index is 12.4. The van der Waals surface area contributed by atoms with Crippen molar-refractivity contribution in [1.82, 2.24) is 10.0 Å². The fourth-order valence-electron chi connectivity index (χ4n) is 2.07. The summed E-state index contributed by atoms with van der Waals surface area (Å²) in [6, 6.07) is 9.51. The SMILES string of the molecule is COC[C@@H](C)NC(=O)c1cccc(S(=O)(=O)NCc2cccs2)c1. The lowest BCUT2D eigenvalue weighted by atomic mass is 10.2. The van der Waals surface area contributed by atoms with Crippen molar-refractivity contribution in [3.05, 3.63) is 52.2 Å². The number of ether oxygens (including phenoxy) is 1. The molecule has 6 nitrogen and oxygen atoms in total. The topological polar surface area (TPSA) is 84.5 Å². The first-order chi connectivity index (χ1) is 11.4. The van der Waals surface area contributed by atoms with E-state index in [1.165, 1.54) is 23.5 Å². The lowest BCUT2D eigenvalue weighted by Crippen LogP contribution is -2.35. The molecule has 0 spiro atoms. The second-order valence-electron chi connectivity index (χ2n) is 5.26. The molecule has 0 radical (unpaired) electrons. The fourth-order valence-corrected chi connectivity index (χ4v) is 3.85. The third-order valence-electron chi connectivity index (χ3n) is 3.22. The highest BCUT2D eigenvalue weighted by molar-refractivity contribution is 7.89. The maximum atomic E-state index is 12.4. The molecule has 0 aliphatic carbocycles. The Morgan fingerprint density at radius 3 is 2.75 bits per heavy atom. The van der Waals surface area contributed by atoms with Crippen LogP contribution in [0.4, 0.5) is 0 Å². The lowest BCUT2D eigenvalue weighted by molar-refractivity contribution is 0.0905. The van der Waals surface area contributed by atoms with Crippen molar-refractivity contribution in [3.8, 4) is 0 Å². The summed E-state index contributed by atoms with van der Waals surface area (Å²) < 4.78 is 32.2. The molecule has 24 heavy (non-hydrogen) atoms. The van der Waals surface area contributed by atoms with Gasteiger partial charge in [-0.15, -0.1) is 11.3 Å². The first kappa shape index (κ1) is 18.6. The minimum absolute atomic E-state index is 0.0612. The van der Waals surface area contributed by atoms with Crippen LogP contribution in [0.3, 0.4) is 0 Å². The lowest BCUT2D eigenvalue weighted by Gasteiger charge is -2.13. The quantitative estimate of drug-likeness (QED) is 0.746. The van der Waals surface area contributed by atoms with Crippen LogP contribution in [-0.2, 0) is 21.3 Å². The summed E-state index contributed by atoms with van der Waals surface area (Å²) in [5.41, 5.74) is 0.289. The van der Waals surface area contributed by atoms with E-state index in [0.29, 0.717) is 6.61 Å². The molecule has 2 aromatic rings. The number of rotatable bonds is 8. The van der Waals surface area contributed by atoms with Gasteiger partial charge >= 0.3 is 0 Å². The van der Waals surface area contributed by atoms with E-state index in [-0.39, 0.29) is 29.0 Å². The van der Waals surface area contributed by atoms with Crippen molar-refractivity contribution in [2.24, 2.45) is 0 Å².